The Hall–Kier alpha value is -1.95. The summed E-state index contributed by atoms with van der Waals surface area (Å²) in [7, 11) is 0. The van der Waals surface area contributed by atoms with Crippen molar-refractivity contribution in [2.45, 2.75) is 26.8 Å². The molecule has 0 aliphatic carbocycles. The molecular weight excluding hydrogens is 264 g/mol. The maximum absolute atomic E-state index is 4.77. The molecule has 0 aromatic carbocycles. The average molecular weight is 286 g/mol. The van der Waals surface area contributed by atoms with Crippen molar-refractivity contribution in [2.75, 3.05) is 31.1 Å². The number of nitrogens with zero attached hydrogens (tertiary/aromatic N) is 6. The monoisotopic (exact) mass is 286 g/mol. The lowest BCUT2D eigenvalue weighted by molar-refractivity contribution is 0.239. The van der Waals surface area contributed by atoms with Crippen LogP contribution >= 0.6 is 0 Å². The Morgan fingerprint density at radius 2 is 2.05 bits per heavy atom. The summed E-state index contributed by atoms with van der Waals surface area (Å²) in [5, 5.41) is 0. The highest BCUT2D eigenvalue weighted by molar-refractivity contribution is 5.41. The molecule has 3 heterocycles. The van der Waals surface area contributed by atoms with Crippen molar-refractivity contribution in [1.29, 1.82) is 0 Å². The second-order valence-electron chi connectivity index (χ2n) is 5.52. The first-order valence-electron chi connectivity index (χ1n) is 7.50. The summed E-state index contributed by atoms with van der Waals surface area (Å²) in [4.78, 5) is 18.2. The van der Waals surface area contributed by atoms with E-state index in [1.807, 2.05) is 23.9 Å². The van der Waals surface area contributed by atoms with Gasteiger partial charge in [-0.2, -0.15) is 0 Å². The smallest absolute Gasteiger partial charge is 0.159 e. The zero-order valence-electron chi connectivity index (χ0n) is 12.9. The second-order valence-corrected chi connectivity index (χ2v) is 5.52. The van der Waals surface area contributed by atoms with Gasteiger partial charge in [-0.25, -0.2) is 9.97 Å². The molecule has 21 heavy (non-hydrogen) atoms. The standard InChI is InChI=1S/C15H22N6/c1-4-19-7-8-20(12(2)11-19)14-9-16-10-15(18-14)21-6-5-17-13(21)3/h5-6,9-10,12H,4,7-8,11H2,1-3H3. The Kier molecular flexibility index (Phi) is 3.88. The van der Waals surface area contributed by atoms with Crippen LogP contribution in [0.15, 0.2) is 24.8 Å². The molecule has 1 aliphatic rings. The second kappa shape index (κ2) is 5.81. The first kappa shape index (κ1) is 14.0. The SMILES string of the molecule is CCN1CCN(c2cncc(-n3ccnc3C)n2)C(C)C1. The number of anilines is 1. The van der Waals surface area contributed by atoms with Crippen LogP contribution in [0.1, 0.15) is 19.7 Å². The van der Waals surface area contributed by atoms with Gasteiger partial charge in [-0.05, 0) is 20.4 Å². The molecule has 1 aliphatic heterocycles. The Labute approximate surface area is 125 Å². The Bertz CT molecular complexity index is 608. The van der Waals surface area contributed by atoms with Crippen LogP contribution in [0.5, 0.6) is 0 Å². The molecule has 0 spiro atoms. The van der Waals surface area contributed by atoms with E-state index in [0.29, 0.717) is 6.04 Å². The third-order valence-electron chi connectivity index (χ3n) is 4.13. The van der Waals surface area contributed by atoms with E-state index in [1.54, 1.807) is 12.4 Å². The van der Waals surface area contributed by atoms with E-state index in [1.165, 1.54) is 0 Å². The maximum Gasteiger partial charge on any atom is 0.159 e. The van der Waals surface area contributed by atoms with Gasteiger partial charge >= 0.3 is 0 Å². The molecule has 3 rings (SSSR count). The van der Waals surface area contributed by atoms with E-state index in [0.717, 1.165) is 43.6 Å². The van der Waals surface area contributed by atoms with Crippen molar-refractivity contribution in [3.05, 3.63) is 30.6 Å². The number of rotatable bonds is 3. The molecule has 0 bridgehead atoms. The van der Waals surface area contributed by atoms with Crippen molar-refractivity contribution in [2.24, 2.45) is 0 Å². The van der Waals surface area contributed by atoms with Crippen LogP contribution in [0.4, 0.5) is 5.82 Å². The molecule has 1 unspecified atom stereocenters. The zero-order valence-corrected chi connectivity index (χ0v) is 12.9. The molecule has 1 fully saturated rings. The largest absolute Gasteiger partial charge is 0.350 e. The topological polar surface area (TPSA) is 50.1 Å². The molecule has 1 saturated heterocycles. The van der Waals surface area contributed by atoms with Crippen LogP contribution < -0.4 is 4.90 Å². The van der Waals surface area contributed by atoms with E-state index in [-0.39, 0.29) is 0 Å². The number of aryl methyl sites for hydroxylation is 1. The normalized spacial score (nSPS) is 20.0. The number of hydrogen-bond acceptors (Lipinski definition) is 5. The maximum atomic E-state index is 4.77. The van der Waals surface area contributed by atoms with E-state index in [4.69, 9.17) is 4.98 Å². The summed E-state index contributed by atoms with van der Waals surface area (Å²) in [5.41, 5.74) is 0. The Balaban J connectivity index is 1.85. The highest BCUT2D eigenvalue weighted by Crippen LogP contribution is 2.19. The molecule has 6 heteroatoms. The van der Waals surface area contributed by atoms with Crippen LogP contribution in [0, 0.1) is 6.92 Å². The molecule has 112 valence electrons. The highest BCUT2D eigenvalue weighted by Gasteiger charge is 2.24. The number of likely N-dealkylation sites (N-methyl/N-ethyl adjacent to an activating group) is 1. The third kappa shape index (κ3) is 2.76. The summed E-state index contributed by atoms with van der Waals surface area (Å²) in [6, 6.07) is 0.451. The van der Waals surface area contributed by atoms with Crippen molar-refractivity contribution in [1.82, 2.24) is 24.4 Å². The van der Waals surface area contributed by atoms with Gasteiger partial charge < -0.3 is 4.90 Å². The van der Waals surface area contributed by atoms with Crippen molar-refractivity contribution >= 4 is 5.82 Å². The molecule has 6 nitrogen and oxygen atoms in total. The lowest BCUT2D eigenvalue weighted by Crippen LogP contribution is -2.52. The summed E-state index contributed by atoms with van der Waals surface area (Å²) < 4.78 is 1.96. The van der Waals surface area contributed by atoms with Gasteiger partial charge in [0.15, 0.2) is 5.82 Å². The predicted molar refractivity (Wildman–Crippen MR) is 82.8 cm³/mol. The van der Waals surface area contributed by atoms with Crippen LogP contribution in [0.3, 0.4) is 0 Å². The first-order chi connectivity index (χ1) is 10.2. The lowest BCUT2D eigenvalue weighted by Gasteiger charge is -2.40. The van der Waals surface area contributed by atoms with Crippen LogP contribution in [-0.2, 0) is 0 Å². The van der Waals surface area contributed by atoms with Gasteiger partial charge in [0.2, 0.25) is 0 Å². The highest BCUT2D eigenvalue weighted by atomic mass is 15.3. The number of piperazine rings is 1. The Morgan fingerprint density at radius 3 is 2.71 bits per heavy atom. The van der Waals surface area contributed by atoms with Crippen LogP contribution in [0.25, 0.3) is 5.82 Å². The molecular formula is C15H22N6. The molecule has 1 atom stereocenters. The van der Waals surface area contributed by atoms with Crippen molar-refractivity contribution < 1.29 is 0 Å². The quantitative estimate of drug-likeness (QED) is 0.856. The lowest BCUT2D eigenvalue weighted by atomic mass is 10.2. The molecule has 0 saturated carbocycles. The van der Waals surface area contributed by atoms with Gasteiger partial charge in [0.25, 0.3) is 0 Å². The molecule has 0 amide bonds. The molecule has 0 N–H and O–H groups in total. The molecule has 2 aromatic rings. The number of hydrogen-bond donors (Lipinski definition) is 0. The van der Waals surface area contributed by atoms with Crippen molar-refractivity contribution in [3.63, 3.8) is 0 Å². The molecule has 0 radical (unpaired) electrons. The van der Waals surface area contributed by atoms with Gasteiger partial charge in [-0.3, -0.25) is 14.5 Å². The van der Waals surface area contributed by atoms with Gasteiger partial charge in [-0.15, -0.1) is 0 Å². The summed E-state index contributed by atoms with van der Waals surface area (Å²) in [6.07, 6.45) is 7.34. The van der Waals surface area contributed by atoms with E-state index in [2.05, 4.69) is 33.6 Å². The minimum atomic E-state index is 0.451. The summed E-state index contributed by atoms with van der Waals surface area (Å²) in [6.45, 7) is 10.7. The predicted octanol–water partition coefficient (Wildman–Crippen LogP) is 1.50. The van der Waals surface area contributed by atoms with Crippen LogP contribution in [0.2, 0.25) is 0 Å². The minimum absolute atomic E-state index is 0.451. The fraction of sp³-hybridized carbons (Fsp3) is 0.533. The fourth-order valence-corrected chi connectivity index (χ4v) is 2.88. The zero-order chi connectivity index (χ0) is 14.8. The minimum Gasteiger partial charge on any atom is -0.350 e. The molecule has 2 aromatic heterocycles. The van der Waals surface area contributed by atoms with Crippen molar-refractivity contribution in [3.8, 4) is 5.82 Å². The summed E-state index contributed by atoms with van der Waals surface area (Å²) in [5.74, 6) is 2.70. The number of imidazole rings is 1. The van der Waals surface area contributed by atoms with E-state index in [9.17, 15) is 0 Å². The Morgan fingerprint density at radius 1 is 1.24 bits per heavy atom. The third-order valence-corrected chi connectivity index (χ3v) is 4.13. The average Bonchev–Trinajstić information content (AvgIpc) is 2.93. The van der Waals surface area contributed by atoms with E-state index < -0.39 is 0 Å². The first-order valence-corrected chi connectivity index (χ1v) is 7.50. The fourth-order valence-electron chi connectivity index (χ4n) is 2.88. The van der Waals surface area contributed by atoms with Gasteiger partial charge in [-0.1, -0.05) is 6.92 Å². The van der Waals surface area contributed by atoms with Gasteiger partial charge in [0.05, 0.1) is 12.4 Å². The van der Waals surface area contributed by atoms with Gasteiger partial charge in [0.1, 0.15) is 11.6 Å². The van der Waals surface area contributed by atoms with Crippen LogP contribution in [-0.4, -0.2) is 56.6 Å². The number of aromatic nitrogens is 4. The van der Waals surface area contributed by atoms with Gasteiger partial charge in [0, 0.05) is 38.1 Å². The summed E-state index contributed by atoms with van der Waals surface area (Å²) >= 11 is 0. The van der Waals surface area contributed by atoms with E-state index >= 15 is 0 Å².